The highest BCUT2D eigenvalue weighted by Gasteiger charge is 2.26. The molecule has 0 spiro atoms. The number of rotatable bonds is 5. The Morgan fingerprint density at radius 2 is 2.27 bits per heavy atom. The van der Waals surface area contributed by atoms with Crippen LogP contribution in [0.3, 0.4) is 0 Å². The van der Waals surface area contributed by atoms with Crippen LogP contribution in [-0.2, 0) is 9.53 Å². The summed E-state index contributed by atoms with van der Waals surface area (Å²) < 4.78 is 6.44. The van der Waals surface area contributed by atoms with Crippen LogP contribution in [0.15, 0.2) is 11.7 Å². The number of nitrogens with two attached hydrogens (primary N) is 1. The third-order valence-electron chi connectivity index (χ3n) is 4.11. The van der Waals surface area contributed by atoms with Crippen LogP contribution in [0.25, 0.3) is 10.2 Å². The van der Waals surface area contributed by atoms with E-state index in [9.17, 15) is 4.79 Å². The molecule has 3 heterocycles. The zero-order chi connectivity index (χ0) is 15.5. The molecule has 3 N–H and O–H groups in total. The quantitative estimate of drug-likeness (QED) is 0.880. The van der Waals surface area contributed by atoms with Gasteiger partial charge in [-0.2, -0.15) is 0 Å². The molecule has 0 aromatic carbocycles. The molecule has 1 atom stereocenters. The lowest BCUT2D eigenvalue weighted by molar-refractivity contribution is -0.118. The average Bonchev–Trinajstić information content (AvgIpc) is 2.90. The van der Waals surface area contributed by atoms with Crippen LogP contribution >= 0.6 is 11.3 Å². The largest absolute Gasteiger partial charge is 0.381 e. The summed E-state index contributed by atoms with van der Waals surface area (Å²) in [7, 11) is 0. The number of nitrogens with zero attached hydrogens (tertiary/aromatic N) is 2. The van der Waals surface area contributed by atoms with Crippen LogP contribution in [0.2, 0.25) is 0 Å². The number of nitrogens with one attached hydrogen (secondary N) is 1. The highest BCUT2D eigenvalue weighted by molar-refractivity contribution is 7.18. The molecule has 3 rings (SSSR count). The van der Waals surface area contributed by atoms with Gasteiger partial charge in [0.15, 0.2) is 0 Å². The fraction of sp³-hybridized carbons (Fsp3) is 0.533. The fourth-order valence-electron chi connectivity index (χ4n) is 2.92. The summed E-state index contributed by atoms with van der Waals surface area (Å²) >= 11 is 1.62. The lowest BCUT2D eigenvalue weighted by Gasteiger charge is -2.30. The van der Waals surface area contributed by atoms with Crippen LogP contribution in [0.5, 0.6) is 0 Å². The Bertz CT molecular complexity index is 667. The van der Waals surface area contributed by atoms with Crippen molar-refractivity contribution < 1.29 is 9.53 Å². The average molecular weight is 320 g/mol. The van der Waals surface area contributed by atoms with Gasteiger partial charge in [-0.3, -0.25) is 4.79 Å². The van der Waals surface area contributed by atoms with E-state index in [0.717, 1.165) is 47.7 Å². The number of fused-ring (bicyclic) bond motifs is 1. The first-order chi connectivity index (χ1) is 10.6. The Morgan fingerprint density at radius 1 is 1.50 bits per heavy atom. The van der Waals surface area contributed by atoms with Crippen molar-refractivity contribution >= 4 is 33.3 Å². The summed E-state index contributed by atoms with van der Waals surface area (Å²) in [6.45, 7) is 3.51. The van der Waals surface area contributed by atoms with Crippen LogP contribution in [0, 0.1) is 12.8 Å². The van der Waals surface area contributed by atoms with Gasteiger partial charge in [0.05, 0.1) is 10.2 Å². The van der Waals surface area contributed by atoms with Crippen molar-refractivity contribution in [1.29, 1.82) is 0 Å². The standard InChI is InChI=1S/C15H20N4O2S/c1-9-7-22-14-13(9)17-8-18-15(14)19-11(6-12(16)20)10-2-4-21-5-3-10/h7-8,10-11H,2-6H2,1H3,(H2,16,20)(H,17,18,19)/t11-/m1/s1. The number of carbonyl (C=O) groups excluding carboxylic acids is 1. The van der Waals surface area contributed by atoms with Gasteiger partial charge in [0.2, 0.25) is 5.91 Å². The van der Waals surface area contributed by atoms with Gasteiger partial charge in [0.25, 0.3) is 0 Å². The minimum Gasteiger partial charge on any atom is -0.381 e. The van der Waals surface area contributed by atoms with E-state index in [0.29, 0.717) is 12.3 Å². The SMILES string of the molecule is Cc1csc2c(N[C@H](CC(N)=O)C3CCOCC3)ncnc12. The summed E-state index contributed by atoms with van der Waals surface area (Å²) in [5.74, 6) is 0.866. The molecule has 118 valence electrons. The normalized spacial score (nSPS) is 17.5. The lowest BCUT2D eigenvalue weighted by atomic mass is 9.89. The van der Waals surface area contributed by atoms with Crippen molar-refractivity contribution in [3.63, 3.8) is 0 Å². The molecule has 1 fully saturated rings. The smallest absolute Gasteiger partial charge is 0.219 e. The Balaban J connectivity index is 1.86. The second kappa shape index (κ2) is 6.58. The van der Waals surface area contributed by atoms with Gasteiger partial charge in [-0.25, -0.2) is 9.97 Å². The summed E-state index contributed by atoms with van der Waals surface area (Å²) in [4.78, 5) is 20.1. The maximum atomic E-state index is 11.4. The summed E-state index contributed by atoms with van der Waals surface area (Å²) in [5.41, 5.74) is 7.54. The number of anilines is 1. The first-order valence-corrected chi connectivity index (χ1v) is 8.34. The van der Waals surface area contributed by atoms with Gasteiger partial charge >= 0.3 is 0 Å². The van der Waals surface area contributed by atoms with Gasteiger partial charge in [-0.1, -0.05) is 0 Å². The van der Waals surface area contributed by atoms with Crippen molar-refractivity contribution in [1.82, 2.24) is 9.97 Å². The predicted octanol–water partition coefficient (Wildman–Crippen LogP) is 2.08. The molecule has 0 bridgehead atoms. The zero-order valence-electron chi connectivity index (χ0n) is 12.5. The molecule has 1 aliphatic heterocycles. The molecule has 0 radical (unpaired) electrons. The highest BCUT2D eigenvalue weighted by Crippen LogP contribution is 2.31. The summed E-state index contributed by atoms with van der Waals surface area (Å²) in [5, 5.41) is 5.51. The number of thiophene rings is 1. The number of primary amides is 1. The van der Waals surface area contributed by atoms with Crippen LogP contribution in [0.4, 0.5) is 5.82 Å². The first kappa shape index (κ1) is 15.2. The number of aromatic nitrogens is 2. The number of hydrogen-bond acceptors (Lipinski definition) is 6. The van der Waals surface area contributed by atoms with Gasteiger partial charge in [0.1, 0.15) is 12.1 Å². The number of ether oxygens (including phenoxy) is 1. The highest BCUT2D eigenvalue weighted by atomic mass is 32.1. The molecule has 1 saturated heterocycles. The fourth-order valence-corrected chi connectivity index (χ4v) is 3.87. The van der Waals surface area contributed by atoms with Gasteiger partial charge < -0.3 is 15.8 Å². The Kier molecular flexibility index (Phi) is 4.54. The molecule has 7 heteroatoms. The monoisotopic (exact) mass is 320 g/mol. The molecular weight excluding hydrogens is 300 g/mol. The molecule has 2 aromatic rings. The van der Waals surface area contributed by atoms with Gasteiger partial charge in [-0.05, 0) is 36.6 Å². The van der Waals surface area contributed by atoms with E-state index in [1.165, 1.54) is 0 Å². The predicted molar refractivity (Wildman–Crippen MR) is 86.9 cm³/mol. The van der Waals surface area contributed by atoms with Crippen molar-refractivity contribution in [3.05, 3.63) is 17.3 Å². The second-order valence-electron chi connectivity index (χ2n) is 5.69. The van der Waals surface area contributed by atoms with E-state index >= 15 is 0 Å². The van der Waals surface area contributed by atoms with Gasteiger partial charge in [-0.15, -0.1) is 11.3 Å². The van der Waals surface area contributed by atoms with E-state index in [1.54, 1.807) is 17.7 Å². The molecule has 1 aliphatic rings. The zero-order valence-corrected chi connectivity index (χ0v) is 13.4. The molecule has 22 heavy (non-hydrogen) atoms. The lowest BCUT2D eigenvalue weighted by Crippen LogP contribution is -2.37. The van der Waals surface area contributed by atoms with Crippen molar-refractivity contribution in [2.45, 2.75) is 32.2 Å². The van der Waals surface area contributed by atoms with Gasteiger partial charge in [0, 0.05) is 25.7 Å². The maximum Gasteiger partial charge on any atom is 0.219 e. The molecule has 0 aliphatic carbocycles. The van der Waals surface area contributed by atoms with Crippen LogP contribution < -0.4 is 11.1 Å². The molecule has 2 aromatic heterocycles. The Labute approximate surface area is 133 Å². The number of carbonyl (C=O) groups is 1. The maximum absolute atomic E-state index is 11.4. The molecular formula is C15H20N4O2S. The Morgan fingerprint density at radius 3 is 3.00 bits per heavy atom. The Hall–Kier alpha value is -1.73. The third kappa shape index (κ3) is 3.20. The molecule has 0 unspecified atom stereocenters. The number of aryl methyl sites for hydroxylation is 1. The van der Waals surface area contributed by atoms with Crippen LogP contribution in [0.1, 0.15) is 24.8 Å². The van der Waals surface area contributed by atoms with E-state index in [1.807, 2.05) is 6.92 Å². The first-order valence-electron chi connectivity index (χ1n) is 7.46. The van der Waals surface area contributed by atoms with E-state index < -0.39 is 0 Å². The summed E-state index contributed by atoms with van der Waals surface area (Å²) in [6, 6.07) is -0.0121. The van der Waals surface area contributed by atoms with Crippen molar-refractivity contribution in [2.24, 2.45) is 11.7 Å². The van der Waals surface area contributed by atoms with E-state index in [2.05, 4.69) is 20.7 Å². The third-order valence-corrected chi connectivity index (χ3v) is 5.20. The van der Waals surface area contributed by atoms with E-state index in [-0.39, 0.29) is 11.9 Å². The summed E-state index contributed by atoms with van der Waals surface area (Å²) in [6.07, 6.45) is 3.74. The second-order valence-corrected chi connectivity index (χ2v) is 6.57. The van der Waals surface area contributed by atoms with Crippen molar-refractivity contribution in [3.8, 4) is 0 Å². The minimum absolute atomic E-state index is 0.0121. The number of hydrogen-bond donors (Lipinski definition) is 2. The molecule has 6 nitrogen and oxygen atoms in total. The minimum atomic E-state index is -0.295. The number of amides is 1. The van der Waals surface area contributed by atoms with E-state index in [4.69, 9.17) is 10.5 Å². The molecule has 0 saturated carbocycles. The molecule has 1 amide bonds. The topological polar surface area (TPSA) is 90.1 Å². The van der Waals surface area contributed by atoms with Crippen molar-refractivity contribution in [2.75, 3.05) is 18.5 Å². The van der Waals surface area contributed by atoms with Crippen LogP contribution in [-0.4, -0.2) is 35.1 Å².